The van der Waals surface area contributed by atoms with Gasteiger partial charge in [0.1, 0.15) is 5.60 Å². The predicted molar refractivity (Wildman–Crippen MR) is 109 cm³/mol. The maximum Gasteiger partial charge on any atom is 0.260 e. The van der Waals surface area contributed by atoms with E-state index in [1.54, 1.807) is 5.56 Å². The Hall–Kier alpha value is -1.09. The molecule has 2 aliphatic rings. The summed E-state index contributed by atoms with van der Waals surface area (Å²) < 4.78 is 5.92. The molecule has 1 aromatic carbocycles. The van der Waals surface area contributed by atoms with Crippen molar-refractivity contribution in [2.45, 2.75) is 84.8 Å². The molecular formula is C22H33NOS. The van der Waals surface area contributed by atoms with Gasteiger partial charge in [-0.3, -0.25) is 0 Å². The van der Waals surface area contributed by atoms with Gasteiger partial charge in [0, 0.05) is 18.0 Å². The topological polar surface area (TPSA) is 12.5 Å². The summed E-state index contributed by atoms with van der Waals surface area (Å²) in [5, 5.41) is 0.682. The van der Waals surface area contributed by atoms with E-state index < -0.39 is 0 Å². The van der Waals surface area contributed by atoms with E-state index in [1.165, 1.54) is 36.8 Å². The van der Waals surface area contributed by atoms with Gasteiger partial charge < -0.3 is 9.64 Å². The van der Waals surface area contributed by atoms with Crippen LogP contribution in [0.5, 0.6) is 0 Å². The number of ether oxygens (including phenoxy) is 1. The van der Waals surface area contributed by atoms with Crippen molar-refractivity contribution in [3.05, 3.63) is 34.9 Å². The van der Waals surface area contributed by atoms with Crippen molar-refractivity contribution < 1.29 is 4.74 Å². The fourth-order valence-electron chi connectivity index (χ4n) is 4.72. The Morgan fingerprint density at radius 3 is 2.16 bits per heavy atom. The van der Waals surface area contributed by atoms with E-state index in [9.17, 15) is 0 Å². The van der Waals surface area contributed by atoms with E-state index in [-0.39, 0.29) is 5.60 Å². The summed E-state index contributed by atoms with van der Waals surface area (Å²) in [4.78, 5) is 2.29. The van der Waals surface area contributed by atoms with Gasteiger partial charge in [-0.25, -0.2) is 0 Å². The van der Waals surface area contributed by atoms with E-state index in [2.05, 4.69) is 64.6 Å². The molecule has 0 N–H and O–H groups in total. The Morgan fingerprint density at radius 2 is 1.68 bits per heavy atom. The van der Waals surface area contributed by atoms with Crippen molar-refractivity contribution >= 4 is 17.4 Å². The van der Waals surface area contributed by atoms with Crippen LogP contribution >= 0.6 is 12.2 Å². The summed E-state index contributed by atoms with van der Waals surface area (Å²) in [5.74, 6) is 0.725. The SMILES string of the molecule is Cc1cc(C)cc(C2CCC3(CC2)CN(C(=S)OC(C)(C)C)C3C)c1. The van der Waals surface area contributed by atoms with Crippen LogP contribution in [0.1, 0.15) is 76.0 Å². The molecule has 1 saturated heterocycles. The molecular weight excluding hydrogens is 326 g/mol. The van der Waals surface area contributed by atoms with Crippen molar-refractivity contribution in [1.82, 2.24) is 4.90 Å². The van der Waals surface area contributed by atoms with Crippen LogP contribution in [0.3, 0.4) is 0 Å². The highest BCUT2D eigenvalue weighted by molar-refractivity contribution is 7.80. The molecule has 1 atom stereocenters. The van der Waals surface area contributed by atoms with Crippen LogP contribution in [0, 0.1) is 19.3 Å². The van der Waals surface area contributed by atoms with Gasteiger partial charge in [0.2, 0.25) is 0 Å². The average Bonchev–Trinajstić information content (AvgIpc) is 2.50. The number of nitrogens with zero attached hydrogens (tertiary/aromatic N) is 1. The summed E-state index contributed by atoms with van der Waals surface area (Å²) >= 11 is 5.54. The number of aryl methyl sites for hydroxylation is 2. The minimum Gasteiger partial charge on any atom is -0.465 e. The standard InChI is InChI=1S/C22H33NOS/c1-15-11-16(2)13-19(12-15)18-7-9-22(10-8-18)14-23(17(22)3)20(25)24-21(4,5)6/h11-13,17-18H,7-10,14H2,1-6H3. The Labute approximate surface area is 158 Å². The number of hydrogen-bond acceptors (Lipinski definition) is 2. The number of thiocarbonyl (C=S) groups is 1. The van der Waals surface area contributed by atoms with Crippen LogP contribution in [0.2, 0.25) is 0 Å². The van der Waals surface area contributed by atoms with Gasteiger partial charge in [-0.1, -0.05) is 29.3 Å². The van der Waals surface area contributed by atoms with Gasteiger partial charge in [-0.2, -0.15) is 0 Å². The first-order chi connectivity index (χ1) is 11.6. The molecule has 1 aliphatic heterocycles. The molecule has 1 unspecified atom stereocenters. The summed E-state index contributed by atoms with van der Waals surface area (Å²) in [6, 6.07) is 7.55. The summed E-state index contributed by atoms with van der Waals surface area (Å²) in [6.45, 7) is 14.0. The Bertz CT molecular complexity index is 632. The monoisotopic (exact) mass is 359 g/mol. The number of benzene rings is 1. The van der Waals surface area contributed by atoms with Crippen molar-refractivity contribution in [2.75, 3.05) is 6.54 Å². The quantitative estimate of drug-likeness (QED) is 0.592. The van der Waals surface area contributed by atoms with Crippen LogP contribution in [-0.4, -0.2) is 28.3 Å². The van der Waals surface area contributed by atoms with E-state index in [4.69, 9.17) is 17.0 Å². The molecule has 0 amide bonds. The molecule has 25 heavy (non-hydrogen) atoms. The molecule has 2 fully saturated rings. The summed E-state index contributed by atoms with van der Waals surface area (Å²) in [5.41, 5.74) is 4.56. The lowest BCUT2D eigenvalue weighted by Gasteiger charge is -2.59. The number of likely N-dealkylation sites (tertiary alicyclic amines) is 1. The van der Waals surface area contributed by atoms with E-state index in [0.29, 0.717) is 16.6 Å². The summed E-state index contributed by atoms with van der Waals surface area (Å²) in [6.07, 6.45) is 5.21. The van der Waals surface area contributed by atoms with Gasteiger partial charge in [-0.15, -0.1) is 0 Å². The molecule has 1 spiro atoms. The lowest BCUT2D eigenvalue weighted by molar-refractivity contribution is -0.0655. The van der Waals surface area contributed by atoms with Crippen LogP contribution in [0.25, 0.3) is 0 Å². The summed E-state index contributed by atoms with van der Waals surface area (Å²) in [7, 11) is 0. The molecule has 1 heterocycles. The zero-order valence-electron chi connectivity index (χ0n) is 16.7. The largest absolute Gasteiger partial charge is 0.465 e. The lowest BCUT2D eigenvalue weighted by Crippen LogP contribution is -2.66. The van der Waals surface area contributed by atoms with Crippen molar-refractivity contribution in [3.8, 4) is 0 Å². The van der Waals surface area contributed by atoms with Gasteiger partial charge in [0.15, 0.2) is 0 Å². The fraction of sp³-hybridized carbons (Fsp3) is 0.682. The third-order valence-corrected chi connectivity index (χ3v) is 6.48. The first-order valence-corrected chi connectivity index (χ1v) is 10.1. The van der Waals surface area contributed by atoms with Crippen LogP contribution in [0.15, 0.2) is 18.2 Å². The predicted octanol–water partition coefficient (Wildman–Crippen LogP) is 5.75. The molecule has 3 heteroatoms. The Kier molecular flexibility index (Phi) is 4.91. The van der Waals surface area contributed by atoms with Crippen molar-refractivity contribution in [3.63, 3.8) is 0 Å². The van der Waals surface area contributed by atoms with Gasteiger partial charge in [-0.05, 0) is 90.9 Å². The second-order valence-corrected chi connectivity index (χ2v) is 9.69. The second-order valence-electron chi connectivity index (χ2n) is 9.34. The third kappa shape index (κ3) is 3.86. The maximum atomic E-state index is 5.92. The molecule has 0 aromatic heterocycles. The molecule has 1 aliphatic carbocycles. The van der Waals surface area contributed by atoms with Gasteiger partial charge >= 0.3 is 0 Å². The average molecular weight is 360 g/mol. The van der Waals surface area contributed by atoms with E-state index in [1.807, 2.05) is 0 Å². The van der Waals surface area contributed by atoms with Gasteiger partial charge in [0.05, 0.1) is 0 Å². The lowest BCUT2D eigenvalue weighted by atomic mass is 9.60. The van der Waals surface area contributed by atoms with Crippen molar-refractivity contribution in [1.29, 1.82) is 0 Å². The molecule has 0 bridgehead atoms. The van der Waals surface area contributed by atoms with Crippen LogP contribution in [-0.2, 0) is 4.74 Å². The Morgan fingerprint density at radius 1 is 1.12 bits per heavy atom. The van der Waals surface area contributed by atoms with E-state index >= 15 is 0 Å². The Balaban J connectivity index is 1.60. The smallest absolute Gasteiger partial charge is 0.260 e. The first-order valence-electron chi connectivity index (χ1n) is 9.67. The zero-order chi connectivity index (χ0) is 18.4. The maximum absolute atomic E-state index is 5.92. The first kappa shape index (κ1) is 18.7. The molecule has 138 valence electrons. The third-order valence-electron chi connectivity index (χ3n) is 6.16. The normalized spacial score (nSPS) is 29.4. The highest BCUT2D eigenvalue weighted by Crippen LogP contribution is 2.52. The molecule has 1 aromatic rings. The molecule has 0 radical (unpaired) electrons. The van der Waals surface area contributed by atoms with E-state index in [0.717, 1.165) is 12.5 Å². The minimum atomic E-state index is -0.208. The highest BCUT2D eigenvalue weighted by atomic mass is 32.1. The van der Waals surface area contributed by atoms with Crippen LogP contribution in [0.4, 0.5) is 0 Å². The highest BCUT2D eigenvalue weighted by Gasteiger charge is 2.52. The minimum absolute atomic E-state index is 0.208. The van der Waals surface area contributed by atoms with Gasteiger partial charge in [0.25, 0.3) is 5.17 Å². The fourth-order valence-corrected chi connectivity index (χ4v) is 5.19. The zero-order valence-corrected chi connectivity index (χ0v) is 17.5. The van der Waals surface area contributed by atoms with Crippen LogP contribution < -0.4 is 0 Å². The molecule has 3 rings (SSSR count). The van der Waals surface area contributed by atoms with Crippen molar-refractivity contribution in [2.24, 2.45) is 5.41 Å². The number of hydrogen-bond donors (Lipinski definition) is 0. The second kappa shape index (κ2) is 6.57. The molecule has 2 nitrogen and oxygen atoms in total. The molecule has 1 saturated carbocycles. The number of rotatable bonds is 1.